The molecule has 24 heavy (non-hydrogen) atoms. The SMILES string of the molecule is [c]1ccc(-c2ccc(-c3ccncc3)cc2)cc1-c1ncccn1. The van der Waals surface area contributed by atoms with Gasteiger partial charge in [-0.1, -0.05) is 36.4 Å². The summed E-state index contributed by atoms with van der Waals surface area (Å²) < 4.78 is 0. The number of aromatic nitrogens is 3. The standard InChI is InChI=1S/C21H14N3/c1-3-19(15-20(4-1)21-23-11-2-12-24-21)17-7-5-16(6-8-17)18-9-13-22-14-10-18/h1-3,5-15H. The van der Waals surface area contributed by atoms with E-state index in [9.17, 15) is 0 Å². The Morgan fingerprint density at radius 2 is 1.25 bits per heavy atom. The molecular formula is C21H14N3. The molecule has 0 aliphatic rings. The van der Waals surface area contributed by atoms with E-state index in [1.54, 1.807) is 12.4 Å². The Bertz CT molecular complexity index is 933. The Labute approximate surface area is 140 Å². The van der Waals surface area contributed by atoms with Crippen molar-refractivity contribution in [1.29, 1.82) is 0 Å². The van der Waals surface area contributed by atoms with E-state index in [4.69, 9.17) is 0 Å². The van der Waals surface area contributed by atoms with Crippen LogP contribution in [-0.4, -0.2) is 15.0 Å². The molecule has 0 bridgehead atoms. The molecule has 0 saturated carbocycles. The zero-order valence-corrected chi connectivity index (χ0v) is 12.9. The maximum absolute atomic E-state index is 4.29. The van der Waals surface area contributed by atoms with Crippen molar-refractivity contribution in [3.63, 3.8) is 0 Å². The van der Waals surface area contributed by atoms with Gasteiger partial charge < -0.3 is 0 Å². The predicted molar refractivity (Wildman–Crippen MR) is 95.0 cm³/mol. The summed E-state index contributed by atoms with van der Waals surface area (Å²) in [5.74, 6) is 0.688. The van der Waals surface area contributed by atoms with Crippen molar-refractivity contribution in [2.45, 2.75) is 0 Å². The van der Waals surface area contributed by atoms with E-state index in [0.717, 1.165) is 22.3 Å². The first-order valence-electron chi connectivity index (χ1n) is 7.70. The van der Waals surface area contributed by atoms with Crippen molar-refractivity contribution < 1.29 is 0 Å². The lowest BCUT2D eigenvalue weighted by atomic mass is 9.99. The number of hydrogen-bond donors (Lipinski definition) is 0. The number of hydrogen-bond acceptors (Lipinski definition) is 3. The van der Waals surface area contributed by atoms with Gasteiger partial charge in [-0.25, -0.2) is 9.97 Å². The van der Waals surface area contributed by atoms with E-state index < -0.39 is 0 Å². The van der Waals surface area contributed by atoms with Crippen LogP contribution in [0.2, 0.25) is 0 Å². The van der Waals surface area contributed by atoms with Crippen molar-refractivity contribution in [2.24, 2.45) is 0 Å². The largest absolute Gasteiger partial charge is 0.265 e. The van der Waals surface area contributed by atoms with Crippen LogP contribution in [0.1, 0.15) is 0 Å². The average Bonchev–Trinajstić information content (AvgIpc) is 2.70. The van der Waals surface area contributed by atoms with E-state index in [0.29, 0.717) is 5.82 Å². The summed E-state index contributed by atoms with van der Waals surface area (Å²) in [7, 11) is 0. The highest BCUT2D eigenvalue weighted by Gasteiger charge is 2.04. The highest BCUT2D eigenvalue weighted by molar-refractivity contribution is 5.73. The zero-order valence-electron chi connectivity index (χ0n) is 12.9. The average molecular weight is 308 g/mol. The molecule has 2 aromatic carbocycles. The quantitative estimate of drug-likeness (QED) is 0.552. The first kappa shape index (κ1) is 14.3. The van der Waals surface area contributed by atoms with Crippen LogP contribution >= 0.6 is 0 Å². The summed E-state index contributed by atoms with van der Waals surface area (Å²) in [6.07, 6.45) is 7.10. The van der Waals surface area contributed by atoms with Crippen LogP contribution in [0.4, 0.5) is 0 Å². The van der Waals surface area contributed by atoms with Crippen LogP contribution in [0.5, 0.6) is 0 Å². The Morgan fingerprint density at radius 1 is 0.625 bits per heavy atom. The van der Waals surface area contributed by atoms with Gasteiger partial charge in [-0.3, -0.25) is 4.98 Å². The molecule has 0 aliphatic carbocycles. The van der Waals surface area contributed by atoms with Crippen LogP contribution in [0.25, 0.3) is 33.6 Å². The van der Waals surface area contributed by atoms with Crippen LogP contribution in [0.3, 0.4) is 0 Å². The molecule has 4 rings (SSSR count). The summed E-state index contributed by atoms with van der Waals surface area (Å²) in [6.45, 7) is 0. The summed E-state index contributed by atoms with van der Waals surface area (Å²) >= 11 is 0. The Morgan fingerprint density at radius 3 is 1.96 bits per heavy atom. The fourth-order valence-electron chi connectivity index (χ4n) is 2.61. The van der Waals surface area contributed by atoms with Crippen molar-refractivity contribution in [3.8, 4) is 33.6 Å². The van der Waals surface area contributed by atoms with Gasteiger partial charge >= 0.3 is 0 Å². The third-order valence-corrected chi connectivity index (χ3v) is 3.84. The van der Waals surface area contributed by atoms with E-state index in [2.05, 4.69) is 51.4 Å². The maximum atomic E-state index is 4.29. The summed E-state index contributed by atoms with van der Waals surface area (Å²) in [5.41, 5.74) is 5.51. The minimum absolute atomic E-state index is 0.688. The number of nitrogens with zero attached hydrogens (tertiary/aromatic N) is 3. The van der Waals surface area contributed by atoms with Gasteiger partial charge in [-0.15, -0.1) is 0 Å². The molecule has 0 spiro atoms. The molecule has 0 fully saturated rings. The minimum atomic E-state index is 0.688. The molecule has 2 aromatic heterocycles. The van der Waals surface area contributed by atoms with Gasteiger partial charge in [-0.2, -0.15) is 0 Å². The van der Waals surface area contributed by atoms with E-state index in [-0.39, 0.29) is 0 Å². The number of pyridine rings is 1. The predicted octanol–water partition coefficient (Wildman–Crippen LogP) is 4.67. The van der Waals surface area contributed by atoms with Crippen molar-refractivity contribution in [1.82, 2.24) is 15.0 Å². The van der Waals surface area contributed by atoms with Gasteiger partial charge in [0.1, 0.15) is 0 Å². The first-order chi connectivity index (χ1) is 11.9. The lowest BCUT2D eigenvalue weighted by Gasteiger charge is -2.06. The molecule has 0 N–H and O–H groups in total. The molecule has 2 heterocycles. The summed E-state index contributed by atoms with van der Waals surface area (Å²) in [6, 6.07) is 23.6. The third kappa shape index (κ3) is 2.92. The fourth-order valence-corrected chi connectivity index (χ4v) is 2.61. The third-order valence-electron chi connectivity index (χ3n) is 3.84. The van der Waals surface area contributed by atoms with Gasteiger partial charge in [0.15, 0.2) is 5.82 Å². The fraction of sp³-hybridized carbons (Fsp3) is 0. The maximum Gasteiger partial charge on any atom is 0.159 e. The number of benzene rings is 2. The monoisotopic (exact) mass is 308 g/mol. The summed E-state index contributed by atoms with van der Waals surface area (Å²) in [4.78, 5) is 12.6. The van der Waals surface area contributed by atoms with Gasteiger partial charge in [0.05, 0.1) is 0 Å². The van der Waals surface area contributed by atoms with E-state index in [1.165, 1.54) is 5.56 Å². The van der Waals surface area contributed by atoms with Crippen LogP contribution in [-0.2, 0) is 0 Å². The highest BCUT2D eigenvalue weighted by Crippen LogP contribution is 2.26. The van der Waals surface area contributed by atoms with Crippen LogP contribution in [0.15, 0.2) is 85.5 Å². The molecule has 0 atom stereocenters. The van der Waals surface area contributed by atoms with Gasteiger partial charge in [0, 0.05) is 30.4 Å². The molecular weight excluding hydrogens is 294 g/mol. The van der Waals surface area contributed by atoms with Crippen molar-refractivity contribution in [3.05, 3.63) is 91.5 Å². The van der Waals surface area contributed by atoms with Crippen molar-refractivity contribution in [2.75, 3.05) is 0 Å². The molecule has 0 unspecified atom stereocenters. The molecule has 113 valence electrons. The molecule has 0 amide bonds. The van der Waals surface area contributed by atoms with Crippen LogP contribution in [0, 0.1) is 6.07 Å². The first-order valence-corrected chi connectivity index (χ1v) is 7.70. The highest BCUT2D eigenvalue weighted by atomic mass is 14.8. The molecule has 0 aliphatic heterocycles. The molecule has 3 heteroatoms. The normalized spacial score (nSPS) is 10.5. The Hall–Kier alpha value is -3.33. The lowest BCUT2D eigenvalue weighted by molar-refractivity contribution is 1.18. The zero-order chi connectivity index (χ0) is 16.2. The van der Waals surface area contributed by atoms with Crippen molar-refractivity contribution >= 4 is 0 Å². The van der Waals surface area contributed by atoms with Crippen LogP contribution < -0.4 is 0 Å². The molecule has 1 radical (unpaired) electrons. The Kier molecular flexibility index (Phi) is 3.82. The van der Waals surface area contributed by atoms with Gasteiger partial charge in [-0.05, 0) is 52.6 Å². The molecule has 3 nitrogen and oxygen atoms in total. The smallest absolute Gasteiger partial charge is 0.159 e. The van der Waals surface area contributed by atoms with E-state index in [1.807, 2.05) is 42.7 Å². The topological polar surface area (TPSA) is 38.7 Å². The molecule has 4 aromatic rings. The van der Waals surface area contributed by atoms with Gasteiger partial charge in [0.25, 0.3) is 0 Å². The Balaban J connectivity index is 1.67. The molecule has 0 saturated heterocycles. The van der Waals surface area contributed by atoms with Gasteiger partial charge in [0.2, 0.25) is 0 Å². The second-order valence-electron chi connectivity index (χ2n) is 5.38. The second-order valence-corrected chi connectivity index (χ2v) is 5.38. The minimum Gasteiger partial charge on any atom is -0.265 e. The summed E-state index contributed by atoms with van der Waals surface area (Å²) in [5, 5.41) is 0. The second kappa shape index (κ2) is 6.42. The van der Waals surface area contributed by atoms with E-state index >= 15 is 0 Å². The number of rotatable bonds is 3. The lowest BCUT2D eigenvalue weighted by Crippen LogP contribution is -1.88.